The first-order valence-electron chi connectivity index (χ1n) is 6.11. The van der Waals surface area contributed by atoms with Crippen LogP contribution in [0.25, 0.3) is 22.0 Å². The Hall–Kier alpha value is -3.06. The Kier molecular flexibility index (Phi) is 2.73. The Morgan fingerprint density at radius 1 is 1.00 bits per heavy atom. The molecule has 4 heteroatoms. The standard InChI is InChI=1S/C16H11N3O/c17-10-14-7-8-15(19(18)16(14)20)13-6-5-11-3-1-2-4-12(11)9-13/h1-9H,18H2. The number of nitriles is 1. The highest BCUT2D eigenvalue weighted by Gasteiger charge is 2.08. The van der Waals surface area contributed by atoms with Crippen molar-refractivity contribution in [2.75, 3.05) is 5.84 Å². The quantitative estimate of drug-likeness (QED) is 0.683. The van der Waals surface area contributed by atoms with Crippen LogP contribution in [0.2, 0.25) is 0 Å². The second-order valence-electron chi connectivity index (χ2n) is 4.48. The first kappa shape index (κ1) is 12.0. The normalized spacial score (nSPS) is 10.3. The third kappa shape index (κ3) is 1.82. The second-order valence-corrected chi connectivity index (χ2v) is 4.48. The molecule has 0 atom stereocenters. The molecule has 1 heterocycles. The van der Waals surface area contributed by atoms with E-state index in [0.717, 1.165) is 21.0 Å². The second kappa shape index (κ2) is 4.56. The Balaban J connectivity index is 2.24. The van der Waals surface area contributed by atoms with Crippen molar-refractivity contribution in [2.24, 2.45) is 0 Å². The van der Waals surface area contributed by atoms with Gasteiger partial charge in [0.2, 0.25) is 0 Å². The SMILES string of the molecule is N#Cc1ccc(-c2ccc3ccccc3c2)n(N)c1=O. The Bertz CT molecular complexity index is 903. The number of nitrogens with two attached hydrogens (primary N) is 1. The van der Waals surface area contributed by atoms with Crippen LogP contribution >= 0.6 is 0 Å². The number of hydrogen-bond acceptors (Lipinski definition) is 3. The molecule has 0 radical (unpaired) electrons. The van der Waals surface area contributed by atoms with E-state index in [4.69, 9.17) is 11.1 Å². The van der Waals surface area contributed by atoms with Crippen molar-refractivity contribution in [1.82, 2.24) is 4.68 Å². The molecular weight excluding hydrogens is 250 g/mol. The minimum atomic E-state index is -0.488. The molecule has 0 aliphatic carbocycles. The number of nitrogens with zero attached hydrogens (tertiary/aromatic N) is 2. The van der Waals surface area contributed by atoms with Crippen molar-refractivity contribution in [3.63, 3.8) is 0 Å². The van der Waals surface area contributed by atoms with Crippen LogP contribution in [0, 0.1) is 11.3 Å². The number of rotatable bonds is 1. The van der Waals surface area contributed by atoms with E-state index in [2.05, 4.69) is 0 Å². The van der Waals surface area contributed by atoms with Gasteiger partial charge in [0.25, 0.3) is 5.56 Å². The first-order chi connectivity index (χ1) is 9.70. The lowest BCUT2D eigenvalue weighted by Gasteiger charge is -2.09. The van der Waals surface area contributed by atoms with Gasteiger partial charge < -0.3 is 5.84 Å². The lowest BCUT2D eigenvalue weighted by Crippen LogP contribution is -2.30. The molecule has 0 unspecified atom stereocenters. The molecular formula is C16H11N3O. The van der Waals surface area contributed by atoms with E-state index in [1.54, 1.807) is 6.07 Å². The summed E-state index contributed by atoms with van der Waals surface area (Å²) >= 11 is 0. The van der Waals surface area contributed by atoms with E-state index in [-0.39, 0.29) is 5.56 Å². The fourth-order valence-electron chi connectivity index (χ4n) is 2.22. The summed E-state index contributed by atoms with van der Waals surface area (Å²) in [4.78, 5) is 11.9. The van der Waals surface area contributed by atoms with Gasteiger partial charge in [0.1, 0.15) is 11.6 Å². The summed E-state index contributed by atoms with van der Waals surface area (Å²) in [6.45, 7) is 0. The van der Waals surface area contributed by atoms with Gasteiger partial charge in [-0.1, -0.05) is 36.4 Å². The summed E-state index contributed by atoms with van der Waals surface area (Å²) < 4.78 is 1.02. The van der Waals surface area contributed by atoms with Gasteiger partial charge in [0.05, 0.1) is 5.69 Å². The molecule has 0 aliphatic heterocycles. The van der Waals surface area contributed by atoms with Crippen LogP contribution in [0.15, 0.2) is 59.4 Å². The highest BCUT2D eigenvalue weighted by Crippen LogP contribution is 2.23. The van der Waals surface area contributed by atoms with Crippen LogP contribution in [0.5, 0.6) is 0 Å². The Morgan fingerprint density at radius 2 is 1.75 bits per heavy atom. The maximum atomic E-state index is 11.9. The molecule has 4 nitrogen and oxygen atoms in total. The zero-order valence-electron chi connectivity index (χ0n) is 10.6. The van der Waals surface area contributed by atoms with Gasteiger partial charge >= 0.3 is 0 Å². The zero-order valence-corrected chi connectivity index (χ0v) is 10.6. The Morgan fingerprint density at radius 3 is 2.50 bits per heavy atom. The van der Waals surface area contributed by atoms with Crippen LogP contribution in [-0.4, -0.2) is 4.68 Å². The van der Waals surface area contributed by atoms with Crippen molar-refractivity contribution in [3.05, 3.63) is 70.5 Å². The van der Waals surface area contributed by atoms with E-state index in [1.807, 2.05) is 48.5 Å². The molecule has 2 aromatic carbocycles. The summed E-state index contributed by atoms with van der Waals surface area (Å²) in [7, 11) is 0. The monoisotopic (exact) mass is 261 g/mol. The minimum Gasteiger partial charge on any atom is -0.336 e. The summed E-state index contributed by atoms with van der Waals surface area (Å²) in [6, 6.07) is 18.8. The van der Waals surface area contributed by atoms with Gasteiger partial charge in [0, 0.05) is 5.56 Å². The molecule has 3 rings (SSSR count). The molecule has 1 aromatic heterocycles. The lowest BCUT2D eigenvalue weighted by atomic mass is 10.0. The molecule has 96 valence electrons. The third-order valence-electron chi connectivity index (χ3n) is 3.28. The number of aromatic nitrogens is 1. The van der Waals surface area contributed by atoms with Crippen LogP contribution in [0.4, 0.5) is 0 Å². The van der Waals surface area contributed by atoms with Crippen LogP contribution in [0.3, 0.4) is 0 Å². The van der Waals surface area contributed by atoms with E-state index < -0.39 is 5.56 Å². The summed E-state index contributed by atoms with van der Waals surface area (Å²) in [5, 5.41) is 11.0. The van der Waals surface area contributed by atoms with E-state index in [0.29, 0.717) is 5.69 Å². The molecule has 0 spiro atoms. The minimum absolute atomic E-state index is 0.0389. The summed E-state index contributed by atoms with van der Waals surface area (Å²) in [6.07, 6.45) is 0. The Labute approximate surface area is 115 Å². The maximum Gasteiger partial charge on any atom is 0.287 e. The topological polar surface area (TPSA) is 71.8 Å². The van der Waals surface area contributed by atoms with Crippen molar-refractivity contribution < 1.29 is 0 Å². The van der Waals surface area contributed by atoms with Gasteiger partial charge in [-0.2, -0.15) is 5.26 Å². The van der Waals surface area contributed by atoms with Gasteiger partial charge in [-0.3, -0.25) is 4.79 Å². The first-order valence-corrected chi connectivity index (χ1v) is 6.11. The average molecular weight is 261 g/mol. The van der Waals surface area contributed by atoms with Gasteiger partial charge in [-0.15, -0.1) is 0 Å². The van der Waals surface area contributed by atoms with Crippen molar-refractivity contribution in [2.45, 2.75) is 0 Å². The van der Waals surface area contributed by atoms with E-state index in [9.17, 15) is 4.79 Å². The number of pyridine rings is 1. The van der Waals surface area contributed by atoms with E-state index >= 15 is 0 Å². The number of hydrogen-bond donors (Lipinski definition) is 1. The largest absolute Gasteiger partial charge is 0.336 e. The number of fused-ring (bicyclic) bond motifs is 1. The average Bonchev–Trinajstić information content (AvgIpc) is 2.49. The fourth-order valence-corrected chi connectivity index (χ4v) is 2.22. The van der Waals surface area contributed by atoms with Crippen LogP contribution in [-0.2, 0) is 0 Å². The molecule has 0 saturated heterocycles. The van der Waals surface area contributed by atoms with Gasteiger partial charge in [0.15, 0.2) is 0 Å². The van der Waals surface area contributed by atoms with Crippen molar-refractivity contribution >= 4 is 10.8 Å². The fraction of sp³-hybridized carbons (Fsp3) is 0. The maximum absolute atomic E-state index is 11.9. The molecule has 0 aliphatic rings. The molecule has 0 saturated carbocycles. The molecule has 3 aromatic rings. The van der Waals surface area contributed by atoms with Gasteiger partial charge in [-0.05, 0) is 29.0 Å². The molecule has 20 heavy (non-hydrogen) atoms. The predicted molar refractivity (Wildman–Crippen MR) is 78.5 cm³/mol. The van der Waals surface area contributed by atoms with Crippen molar-refractivity contribution in [3.8, 4) is 17.3 Å². The molecule has 2 N–H and O–H groups in total. The summed E-state index contributed by atoms with van der Waals surface area (Å²) in [5.41, 5.74) is 0.975. The number of benzene rings is 2. The lowest BCUT2D eigenvalue weighted by molar-refractivity contribution is 0.941. The predicted octanol–water partition coefficient (Wildman–Crippen LogP) is 2.25. The van der Waals surface area contributed by atoms with Crippen molar-refractivity contribution in [1.29, 1.82) is 5.26 Å². The highest BCUT2D eigenvalue weighted by molar-refractivity contribution is 5.86. The summed E-state index contributed by atoms with van der Waals surface area (Å²) in [5.74, 6) is 5.79. The number of nitrogen functional groups attached to an aromatic ring is 1. The molecule has 0 fully saturated rings. The van der Waals surface area contributed by atoms with Gasteiger partial charge in [-0.25, -0.2) is 4.68 Å². The third-order valence-corrected chi connectivity index (χ3v) is 3.28. The van der Waals surface area contributed by atoms with Crippen LogP contribution in [0.1, 0.15) is 5.56 Å². The highest BCUT2D eigenvalue weighted by atomic mass is 16.1. The molecule has 0 bridgehead atoms. The zero-order chi connectivity index (χ0) is 14.1. The van der Waals surface area contributed by atoms with E-state index in [1.165, 1.54) is 6.07 Å². The molecule has 0 amide bonds. The van der Waals surface area contributed by atoms with Crippen LogP contribution < -0.4 is 11.4 Å². The smallest absolute Gasteiger partial charge is 0.287 e.